The number of hydrogen-bond acceptors (Lipinski definition) is 0. The topological polar surface area (TPSA) is 0 Å². The number of unbranched alkanes of at least 4 members (excludes halogenated alkanes) is 1. The molecule has 7 atom stereocenters. The third-order valence-electron chi connectivity index (χ3n) is 10.4. The molecule has 0 nitrogen and oxygen atoms in total. The number of rotatable bonds is 5. The highest BCUT2D eigenvalue weighted by Crippen LogP contribution is 2.67. The van der Waals surface area contributed by atoms with Gasteiger partial charge in [0.25, 0.3) is 0 Å². The van der Waals surface area contributed by atoms with E-state index in [1.165, 1.54) is 38.5 Å². The maximum atomic E-state index is 2.74. The fraction of sp³-hybridized carbons (Fsp3) is 1.00. The lowest BCUT2D eigenvalue weighted by molar-refractivity contribution is -0.111. The highest BCUT2D eigenvalue weighted by atomic mass is 14.6. The Hall–Kier alpha value is 0. The second-order valence-electron chi connectivity index (χ2n) is 11.9. The summed E-state index contributed by atoms with van der Waals surface area (Å²) >= 11 is 0. The monoisotopic (exact) mass is 358 g/mol. The molecule has 0 amide bonds. The Morgan fingerprint density at radius 2 is 1.58 bits per heavy atom. The third-order valence-corrected chi connectivity index (χ3v) is 10.4. The summed E-state index contributed by atoms with van der Waals surface area (Å²) in [6.07, 6.45) is 21.6. The van der Waals surface area contributed by atoms with E-state index in [9.17, 15) is 0 Å². The summed E-state index contributed by atoms with van der Waals surface area (Å²) in [5.41, 5.74) is 1.43. The molecule has 4 rings (SSSR count). The zero-order chi connectivity index (χ0) is 18.4. The molecule has 26 heavy (non-hydrogen) atoms. The standard InChI is InChI=1S/C26H46/c1-19(2)9-5-6-10-21-13-15-23-22-14-12-20-11-7-8-17-25(20,3)24(22)16-18-26(21,23)4/h19-24H,5-18H2,1-4H3/t20?,21-,22?,23?,24?,25-,26+/m0/s1. The van der Waals surface area contributed by atoms with Crippen LogP contribution in [0, 0.1) is 46.3 Å². The Morgan fingerprint density at radius 1 is 0.769 bits per heavy atom. The summed E-state index contributed by atoms with van der Waals surface area (Å²) in [4.78, 5) is 0. The molecule has 0 heterocycles. The Balaban J connectivity index is 1.43. The zero-order valence-electron chi connectivity index (χ0n) is 18.4. The van der Waals surface area contributed by atoms with Gasteiger partial charge in [-0.05, 0) is 104 Å². The molecule has 4 aliphatic carbocycles. The molecule has 4 unspecified atom stereocenters. The number of fused-ring (bicyclic) bond motifs is 5. The Morgan fingerprint density at radius 3 is 2.38 bits per heavy atom. The molecule has 0 spiro atoms. The molecule has 0 aromatic rings. The van der Waals surface area contributed by atoms with Crippen molar-refractivity contribution in [2.75, 3.05) is 0 Å². The Bertz CT molecular complexity index is 478. The third kappa shape index (κ3) is 3.20. The largest absolute Gasteiger partial charge is 0.0628 e. The SMILES string of the molecule is CC(C)CCCC[C@H]1CCC2C3CCC4CCCC[C@]4(C)C3CC[C@@]21C. The summed E-state index contributed by atoms with van der Waals surface area (Å²) in [5.74, 6) is 6.28. The molecule has 0 heteroatoms. The van der Waals surface area contributed by atoms with E-state index >= 15 is 0 Å². The van der Waals surface area contributed by atoms with Gasteiger partial charge in [-0.25, -0.2) is 0 Å². The van der Waals surface area contributed by atoms with Crippen molar-refractivity contribution in [2.45, 2.75) is 118 Å². The van der Waals surface area contributed by atoms with Gasteiger partial charge in [-0.3, -0.25) is 0 Å². The summed E-state index contributed by atoms with van der Waals surface area (Å²) in [6.45, 7) is 10.2. The number of hydrogen-bond donors (Lipinski definition) is 0. The van der Waals surface area contributed by atoms with Crippen LogP contribution >= 0.6 is 0 Å². The molecule has 0 N–H and O–H groups in total. The van der Waals surface area contributed by atoms with E-state index in [1.54, 1.807) is 51.4 Å². The van der Waals surface area contributed by atoms with Crippen molar-refractivity contribution < 1.29 is 0 Å². The Labute approximate surface area is 164 Å². The molecule has 4 fully saturated rings. The van der Waals surface area contributed by atoms with E-state index in [2.05, 4.69) is 27.7 Å². The van der Waals surface area contributed by atoms with Crippen LogP contribution in [0.25, 0.3) is 0 Å². The van der Waals surface area contributed by atoms with Crippen molar-refractivity contribution in [3.8, 4) is 0 Å². The molecule has 150 valence electrons. The van der Waals surface area contributed by atoms with Crippen molar-refractivity contribution in [1.29, 1.82) is 0 Å². The first-order chi connectivity index (χ1) is 12.4. The average molecular weight is 359 g/mol. The van der Waals surface area contributed by atoms with E-state index in [-0.39, 0.29) is 0 Å². The molecule has 0 aliphatic heterocycles. The molecular formula is C26H46. The minimum atomic E-state index is 0.705. The normalized spacial score (nSPS) is 48.1. The Kier molecular flexibility index (Phi) is 5.53. The predicted molar refractivity (Wildman–Crippen MR) is 113 cm³/mol. The van der Waals surface area contributed by atoms with Crippen LogP contribution < -0.4 is 0 Å². The smallest absolute Gasteiger partial charge is 0.0266 e. The van der Waals surface area contributed by atoms with E-state index in [4.69, 9.17) is 0 Å². The quantitative estimate of drug-likeness (QED) is 0.434. The van der Waals surface area contributed by atoms with Crippen molar-refractivity contribution in [2.24, 2.45) is 46.3 Å². The lowest BCUT2D eigenvalue weighted by Gasteiger charge is -2.60. The maximum Gasteiger partial charge on any atom is -0.0266 e. The van der Waals surface area contributed by atoms with Crippen LogP contribution in [0.2, 0.25) is 0 Å². The first-order valence-electron chi connectivity index (χ1n) is 12.4. The summed E-state index contributed by atoms with van der Waals surface area (Å²) in [7, 11) is 0. The second kappa shape index (κ2) is 7.44. The van der Waals surface area contributed by atoms with Crippen molar-refractivity contribution in [3.63, 3.8) is 0 Å². The lowest BCUT2D eigenvalue weighted by atomic mass is 9.45. The van der Waals surface area contributed by atoms with Gasteiger partial charge < -0.3 is 0 Å². The van der Waals surface area contributed by atoms with E-state index in [1.807, 2.05) is 0 Å². The molecule has 0 aromatic heterocycles. The second-order valence-corrected chi connectivity index (χ2v) is 11.9. The van der Waals surface area contributed by atoms with Crippen molar-refractivity contribution in [1.82, 2.24) is 0 Å². The molecule has 0 aromatic carbocycles. The average Bonchev–Trinajstić information content (AvgIpc) is 2.94. The van der Waals surface area contributed by atoms with Gasteiger partial charge in [0, 0.05) is 0 Å². The summed E-state index contributed by atoms with van der Waals surface area (Å²) < 4.78 is 0. The van der Waals surface area contributed by atoms with E-state index in [0.717, 1.165) is 40.9 Å². The van der Waals surface area contributed by atoms with Crippen LogP contribution in [0.1, 0.15) is 118 Å². The fourth-order valence-electron chi connectivity index (χ4n) is 8.82. The highest BCUT2D eigenvalue weighted by molar-refractivity contribution is 5.08. The molecule has 0 radical (unpaired) electrons. The van der Waals surface area contributed by atoms with Gasteiger partial charge in [0.05, 0.1) is 0 Å². The lowest BCUT2D eigenvalue weighted by Crippen LogP contribution is -2.52. The fourth-order valence-corrected chi connectivity index (χ4v) is 8.82. The summed E-state index contributed by atoms with van der Waals surface area (Å²) in [6, 6.07) is 0. The van der Waals surface area contributed by atoms with E-state index in [0.29, 0.717) is 5.41 Å². The molecule has 0 bridgehead atoms. The predicted octanol–water partition coefficient (Wildman–Crippen LogP) is 8.25. The van der Waals surface area contributed by atoms with Crippen LogP contribution in [0.3, 0.4) is 0 Å². The van der Waals surface area contributed by atoms with Gasteiger partial charge in [-0.15, -0.1) is 0 Å². The van der Waals surface area contributed by atoms with Crippen LogP contribution in [0.15, 0.2) is 0 Å². The van der Waals surface area contributed by atoms with Gasteiger partial charge in [0.2, 0.25) is 0 Å². The zero-order valence-corrected chi connectivity index (χ0v) is 18.4. The molecular weight excluding hydrogens is 312 g/mol. The van der Waals surface area contributed by atoms with Gasteiger partial charge in [-0.2, -0.15) is 0 Å². The first kappa shape index (κ1) is 19.3. The van der Waals surface area contributed by atoms with Gasteiger partial charge >= 0.3 is 0 Å². The van der Waals surface area contributed by atoms with Crippen LogP contribution in [0.5, 0.6) is 0 Å². The first-order valence-corrected chi connectivity index (χ1v) is 12.4. The van der Waals surface area contributed by atoms with Gasteiger partial charge in [0.1, 0.15) is 0 Å². The summed E-state index contributed by atoms with van der Waals surface area (Å²) in [5, 5.41) is 0. The van der Waals surface area contributed by atoms with Crippen LogP contribution in [-0.4, -0.2) is 0 Å². The van der Waals surface area contributed by atoms with Gasteiger partial charge in [0.15, 0.2) is 0 Å². The maximum absolute atomic E-state index is 2.74. The van der Waals surface area contributed by atoms with Crippen molar-refractivity contribution >= 4 is 0 Å². The van der Waals surface area contributed by atoms with Crippen LogP contribution in [0.4, 0.5) is 0 Å². The highest BCUT2D eigenvalue weighted by Gasteiger charge is 2.59. The minimum Gasteiger partial charge on any atom is -0.0628 e. The van der Waals surface area contributed by atoms with Crippen molar-refractivity contribution in [3.05, 3.63) is 0 Å². The van der Waals surface area contributed by atoms with Crippen LogP contribution in [-0.2, 0) is 0 Å². The molecule has 0 saturated heterocycles. The minimum absolute atomic E-state index is 0.705. The molecule has 4 aliphatic rings. The molecule has 4 saturated carbocycles. The van der Waals surface area contributed by atoms with Gasteiger partial charge in [-0.1, -0.05) is 59.8 Å². The van der Waals surface area contributed by atoms with E-state index < -0.39 is 0 Å².